The van der Waals surface area contributed by atoms with Crippen LogP contribution in [0.25, 0.3) is 72.1 Å². The summed E-state index contributed by atoms with van der Waals surface area (Å²) in [5, 5.41) is 3.36. The third-order valence-electron chi connectivity index (χ3n) is 7.10. The molecule has 0 bridgehead atoms. The smallest absolute Gasteiger partial charge is 0.160 e. The van der Waals surface area contributed by atoms with Gasteiger partial charge in [-0.25, -0.2) is 9.97 Å². The van der Waals surface area contributed by atoms with E-state index in [9.17, 15) is 0 Å². The Bertz CT molecular complexity index is 2130. The van der Waals surface area contributed by atoms with E-state index in [2.05, 4.69) is 92.2 Å². The van der Waals surface area contributed by atoms with Gasteiger partial charge in [-0.3, -0.25) is 0 Å². The third kappa shape index (κ3) is 3.17. The predicted molar refractivity (Wildman–Crippen MR) is 156 cm³/mol. The van der Waals surface area contributed by atoms with E-state index in [0.29, 0.717) is 5.82 Å². The maximum absolute atomic E-state index is 5.03. The standard InChI is InChI=1S/C32H19N5S/c1-2-8-20(9-3-1)30-23-10-4-6-12-25(23)33-32(34-30)21-14-16-22(17-15-21)37-27-13-7-5-11-24(27)29-28(37)19-18-26-31(29)36-38-35-26/h1-19H. The van der Waals surface area contributed by atoms with Crippen molar-refractivity contribution < 1.29 is 0 Å². The van der Waals surface area contributed by atoms with Gasteiger partial charge >= 0.3 is 0 Å². The first-order valence-corrected chi connectivity index (χ1v) is 13.2. The summed E-state index contributed by atoms with van der Waals surface area (Å²) < 4.78 is 11.4. The van der Waals surface area contributed by atoms with Gasteiger partial charge in [0.15, 0.2) is 5.82 Å². The van der Waals surface area contributed by atoms with Crippen molar-refractivity contribution in [2.45, 2.75) is 0 Å². The molecule has 0 saturated heterocycles. The van der Waals surface area contributed by atoms with E-state index in [1.54, 1.807) is 0 Å². The third-order valence-corrected chi connectivity index (χ3v) is 7.64. The average molecular weight is 506 g/mol. The molecule has 0 saturated carbocycles. The minimum absolute atomic E-state index is 0.714. The molecule has 8 rings (SSSR count). The molecule has 0 atom stereocenters. The van der Waals surface area contributed by atoms with E-state index in [4.69, 9.17) is 9.97 Å². The Morgan fingerprint density at radius 3 is 2.16 bits per heavy atom. The van der Waals surface area contributed by atoms with Gasteiger partial charge in [0.25, 0.3) is 0 Å². The first-order chi connectivity index (χ1) is 18.8. The molecule has 3 aromatic heterocycles. The maximum Gasteiger partial charge on any atom is 0.160 e. The number of nitrogens with zero attached hydrogens (tertiary/aromatic N) is 5. The maximum atomic E-state index is 5.03. The van der Waals surface area contributed by atoms with E-state index in [1.165, 1.54) is 17.1 Å². The lowest BCUT2D eigenvalue weighted by molar-refractivity contribution is 1.17. The first-order valence-electron chi connectivity index (χ1n) is 12.4. The Hall–Kier alpha value is -4.94. The number of rotatable bonds is 3. The minimum Gasteiger partial charge on any atom is -0.309 e. The fourth-order valence-electron chi connectivity index (χ4n) is 5.36. The lowest BCUT2D eigenvalue weighted by Gasteiger charge is -2.11. The van der Waals surface area contributed by atoms with Gasteiger partial charge in [-0.1, -0.05) is 66.7 Å². The van der Waals surface area contributed by atoms with Gasteiger partial charge in [-0.05, 0) is 48.5 Å². The summed E-state index contributed by atoms with van der Waals surface area (Å²) in [5.41, 5.74) is 9.16. The molecule has 0 aliphatic heterocycles. The molecule has 3 heterocycles. The molecule has 178 valence electrons. The molecule has 8 aromatic rings. The SMILES string of the molecule is c1ccc(-c2nc(-c3ccc(-n4c5ccccc5c5c6nsnc6ccc54)cc3)nc3ccccc23)cc1. The van der Waals surface area contributed by atoms with Gasteiger partial charge in [-0.2, -0.15) is 8.75 Å². The van der Waals surface area contributed by atoms with Crippen LogP contribution in [0.15, 0.2) is 115 Å². The summed E-state index contributed by atoms with van der Waals surface area (Å²) in [6.07, 6.45) is 0. The highest BCUT2D eigenvalue weighted by Crippen LogP contribution is 2.36. The van der Waals surface area contributed by atoms with Gasteiger partial charge in [0.2, 0.25) is 0 Å². The Labute approximate surface area is 222 Å². The van der Waals surface area contributed by atoms with Gasteiger partial charge in [0.05, 0.1) is 34.0 Å². The molecule has 0 amide bonds. The highest BCUT2D eigenvalue weighted by molar-refractivity contribution is 7.00. The van der Waals surface area contributed by atoms with Crippen molar-refractivity contribution in [2.75, 3.05) is 0 Å². The van der Waals surface area contributed by atoms with Crippen LogP contribution >= 0.6 is 11.7 Å². The van der Waals surface area contributed by atoms with Crippen LogP contribution in [0.5, 0.6) is 0 Å². The molecule has 0 radical (unpaired) electrons. The van der Waals surface area contributed by atoms with Crippen LogP contribution in [0.4, 0.5) is 0 Å². The van der Waals surface area contributed by atoms with Crippen molar-refractivity contribution in [3.05, 3.63) is 115 Å². The second-order valence-electron chi connectivity index (χ2n) is 9.27. The zero-order valence-corrected chi connectivity index (χ0v) is 20.9. The van der Waals surface area contributed by atoms with E-state index in [-0.39, 0.29) is 0 Å². The number of hydrogen-bond acceptors (Lipinski definition) is 5. The fraction of sp³-hybridized carbons (Fsp3) is 0. The molecule has 0 spiro atoms. The number of fused-ring (bicyclic) bond motifs is 6. The second kappa shape index (κ2) is 8.30. The average Bonchev–Trinajstić information content (AvgIpc) is 3.60. The molecule has 0 unspecified atom stereocenters. The predicted octanol–water partition coefficient (Wildman–Crippen LogP) is 8.07. The molecule has 6 heteroatoms. The summed E-state index contributed by atoms with van der Waals surface area (Å²) in [6, 6.07) is 39.7. The van der Waals surface area contributed by atoms with E-state index < -0.39 is 0 Å². The lowest BCUT2D eigenvalue weighted by atomic mass is 10.1. The van der Waals surface area contributed by atoms with Gasteiger partial charge in [0.1, 0.15) is 11.0 Å². The van der Waals surface area contributed by atoms with Crippen molar-refractivity contribution >= 4 is 55.5 Å². The fourth-order valence-corrected chi connectivity index (χ4v) is 5.90. The summed E-state index contributed by atoms with van der Waals surface area (Å²) in [5.74, 6) is 0.714. The molecule has 5 aromatic carbocycles. The lowest BCUT2D eigenvalue weighted by Crippen LogP contribution is -1.97. The Balaban J connectivity index is 1.31. The van der Waals surface area contributed by atoms with Crippen LogP contribution in [0, 0.1) is 0 Å². The second-order valence-corrected chi connectivity index (χ2v) is 9.80. The highest BCUT2D eigenvalue weighted by atomic mass is 32.1. The molecular formula is C32H19N5S. The minimum atomic E-state index is 0.714. The molecule has 38 heavy (non-hydrogen) atoms. The Morgan fingerprint density at radius 2 is 1.29 bits per heavy atom. The van der Waals surface area contributed by atoms with E-state index in [0.717, 1.165) is 60.9 Å². The van der Waals surface area contributed by atoms with Crippen LogP contribution in [-0.2, 0) is 0 Å². The number of aromatic nitrogens is 5. The highest BCUT2D eigenvalue weighted by Gasteiger charge is 2.17. The molecule has 0 fully saturated rings. The molecular weight excluding hydrogens is 486 g/mol. The number of benzene rings is 5. The van der Waals surface area contributed by atoms with Crippen LogP contribution in [0.1, 0.15) is 0 Å². The number of hydrogen-bond donors (Lipinski definition) is 0. The zero-order valence-electron chi connectivity index (χ0n) is 20.1. The van der Waals surface area contributed by atoms with Crippen molar-refractivity contribution in [2.24, 2.45) is 0 Å². The van der Waals surface area contributed by atoms with Crippen molar-refractivity contribution in [3.63, 3.8) is 0 Å². The summed E-state index contributed by atoms with van der Waals surface area (Å²) >= 11 is 1.26. The molecule has 0 aliphatic rings. The summed E-state index contributed by atoms with van der Waals surface area (Å²) in [7, 11) is 0. The van der Waals surface area contributed by atoms with Crippen LogP contribution in [0.2, 0.25) is 0 Å². The monoisotopic (exact) mass is 505 g/mol. The van der Waals surface area contributed by atoms with E-state index in [1.807, 2.05) is 36.4 Å². The van der Waals surface area contributed by atoms with Gasteiger partial charge in [0, 0.05) is 33.0 Å². The topological polar surface area (TPSA) is 56.5 Å². The van der Waals surface area contributed by atoms with Crippen molar-refractivity contribution in [1.82, 2.24) is 23.3 Å². The van der Waals surface area contributed by atoms with Crippen molar-refractivity contribution in [3.8, 4) is 28.3 Å². The largest absolute Gasteiger partial charge is 0.309 e. The van der Waals surface area contributed by atoms with Crippen LogP contribution in [0.3, 0.4) is 0 Å². The Morgan fingerprint density at radius 1 is 0.526 bits per heavy atom. The van der Waals surface area contributed by atoms with Gasteiger partial charge in [-0.15, -0.1) is 0 Å². The van der Waals surface area contributed by atoms with Gasteiger partial charge < -0.3 is 4.57 Å². The Kier molecular flexibility index (Phi) is 4.62. The van der Waals surface area contributed by atoms with Crippen LogP contribution in [-0.4, -0.2) is 23.3 Å². The zero-order chi connectivity index (χ0) is 25.1. The summed E-state index contributed by atoms with van der Waals surface area (Å²) in [6.45, 7) is 0. The molecule has 0 N–H and O–H groups in total. The molecule has 5 nitrogen and oxygen atoms in total. The normalized spacial score (nSPS) is 11.7. The van der Waals surface area contributed by atoms with Crippen LogP contribution < -0.4 is 0 Å². The quantitative estimate of drug-likeness (QED) is 0.244. The summed E-state index contributed by atoms with van der Waals surface area (Å²) in [4.78, 5) is 9.95. The van der Waals surface area contributed by atoms with E-state index >= 15 is 0 Å². The first kappa shape index (κ1) is 21.2. The molecule has 0 aliphatic carbocycles. The number of para-hydroxylation sites is 2. The van der Waals surface area contributed by atoms with Crippen molar-refractivity contribution in [1.29, 1.82) is 0 Å².